The Kier molecular flexibility index (Phi) is 7.17. The van der Waals surface area contributed by atoms with Gasteiger partial charge in [0.25, 0.3) is 5.91 Å². The lowest BCUT2D eigenvalue weighted by Crippen LogP contribution is -2.33. The molecule has 1 aliphatic heterocycles. The zero-order chi connectivity index (χ0) is 22.3. The van der Waals surface area contributed by atoms with Crippen molar-refractivity contribution in [2.45, 2.75) is 25.8 Å². The Morgan fingerprint density at radius 1 is 1.16 bits per heavy atom. The second-order valence-corrected chi connectivity index (χ2v) is 7.96. The summed E-state index contributed by atoms with van der Waals surface area (Å²) in [7, 11) is 1.64. The molecule has 0 atom stereocenters. The third kappa shape index (κ3) is 4.99. The Balaban J connectivity index is 1.69. The second kappa shape index (κ2) is 10.4. The van der Waals surface area contributed by atoms with Gasteiger partial charge in [-0.05, 0) is 37.5 Å². The molecule has 7 heteroatoms. The molecule has 3 aromatic rings. The molecule has 0 N–H and O–H groups in total. The van der Waals surface area contributed by atoms with Gasteiger partial charge in [0.1, 0.15) is 11.5 Å². The molecule has 0 radical (unpaired) electrons. The molecule has 32 heavy (non-hydrogen) atoms. The van der Waals surface area contributed by atoms with Crippen molar-refractivity contribution in [3.8, 4) is 11.3 Å². The van der Waals surface area contributed by atoms with Gasteiger partial charge in [-0.3, -0.25) is 4.79 Å². The molecule has 0 bridgehead atoms. The van der Waals surface area contributed by atoms with Crippen molar-refractivity contribution in [1.29, 1.82) is 0 Å². The van der Waals surface area contributed by atoms with Crippen molar-refractivity contribution in [3.63, 3.8) is 0 Å². The number of methoxy groups -OCH3 is 1. The molecule has 0 unspecified atom stereocenters. The molecule has 0 saturated carbocycles. The van der Waals surface area contributed by atoms with Crippen LogP contribution >= 0.6 is 0 Å². The number of rotatable bonds is 9. The summed E-state index contributed by atoms with van der Waals surface area (Å²) < 4.78 is 24.8. The lowest BCUT2D eigenvalue weighted by molar-refractivity contribution is 0.0723. The van der Waals surface area contributed by atoms with Crippen molar-refractivity contribution in [1.82, 2.24) is 10.1 Å². The summed E-state index contributed by atoms with van der Waals surface area (Å²) in [6.45, 7) is 3.12. The summed E-state index contributed by atoms with van der Waals surface area (Å²) in [6.07, 6.45) is 2.86. The van der Waals surface area contributed by atoms with Gasteiger partial charge in [-0.2, -0.15) is 0 Å². The lowest BCUT2D eigenvalue weighted by Gasteiger charge is -2.24. The van der Waals surface area contributed by atoms with Crippen LogP contribution in [0.15, 0.2) is 59.1 Å². The number of hydrogen-bond acceptors (Lipinski definition) is 5. The fraction of sp³-hybridized carbons (Fsp3) is 0.360. The fourth-order valence-corrected chi connectivity index (χ4v) is 4.08. The molecule has 4 rings (SSSR count). The van der Waals surface area contributed by atoms with Gasteiger partial charge < -0.3 is 19.1 Å². The molecular formula is C25H28FN3O3. The van der Waals surface area contributed by atoms with Crippen LogP contribution in [0.25, 0.3) is 11.3 Å². The standard InChI is InChI=1S/C25H28FN3O3/c1-31-16-8-15-29(24(30)20-11-7-12-21(26)17-20)18-22-23(19-9-3-2-4-10-19)27-32-25(22)28-13-5-6-14-28/h2-4,7,9-12,17H,5-6,8,13-16,18H2,1H3. The van der Waals surface area contributed by atoms with Crippen LogP contribution in [0.5, 0.6) is 0 Å². The van der Waals surface area contributed by atoms with Crippen LogP contribution in [0.2, 0.25) is 0 Å². The summed E-state index contributed by atoms with van der Waals surface area (Å²) in [5, 5.41) is 4.39. The summed E-state index contributed by atoms with van der Waals surface area (Å²) in [5.74, 6) is 0.0544. The number of carbonyl (C=O) groups is 1. The average molecular weight is 438 g/mol. The number of halogens is 1. The van der Waals surface area contributed by atoms with E-state index >= 15 is 0 Å². The predicted octanol–water partition coefficient (Wildman–Crippen LogP) is 4.76. The highest BCUT2D eigenvalue weighted by atomic mass is 19.1. The first-order valence-corrected chi connectivity index (χ1v) is 11.0. The second-order valence-electron chi connectivity index (χ2n) is 7.96. The molecule has 2 aromatic carbocycles. The normalized spacial score (nSPS) is 13.5. The van der Waals surface area contributed by atoms with Crippen molar-refractivity contribution >= 4 is 11.8 Å². The number of hydrogen-bond donors (Lipinski definition) is 0. The molecule has 6 nitrogen and oxygen atoms in total. The minimum Gasteiger partial charge on any atom is -0.385 e. The fourth-order valence-electron chi connectivity index (χ4n) is 4.08. The van der Waals surface area contributed by atoms with Crippen molar-refractivity contribution in [3.05, 3.63) is 71.5 Å². The Morgan fingerprint density at radius 3 is 2.66 bits per heavy atom. The Bertz CT molecular complexity index is 1030. The van der Waals surface area contributed by atoms with Gasteiger partial charge in [-0.15, -0.1) is 0 Å². The van der Waals surface area contributed by atoms with Crippen LogP contribution in [0.4, 0.5) is 10.3 Å². The maximum absolute atomic E-state index is 13.8. The first kappa shape index (κ1) is 22.0. The van der Waals surface area contributed by atoms with E-state index in [4.69, 9.17) is 9.26 Å². The summed E-state index contributed by atoms with van der Waals surface area (Å²) in [5.41, 5.74) is 2.87. The summed E-state index contributed by atoms with van der Waals surface area (Å²) in [4.78, 5) is 17.3. The molecule has 2 heterocycles. The van der Waals surface area contributed by atoms with Crippen molar-refractivity contribution in [2.24, 2.45) is 0 Å². The van der Waals surface area contributed by atoms with Gasteiger partial charge in [0.05, 0.1) is 12.1 Å². The quantitative estimate of drug-likeness (QED) is 0.452. The molecule has 1 amide bonds. The van der Waals surface area contributed by atoms with Crippen molar-refractivity contribution in [2.75, 3.05) is 38.3 Å². The maximum Gasteiger partial charge on any atom is 0.254 e. The van der Waals surface area contributed by atoms with Crippen LogP contribution in [-0.2, 0) is 11.3 Å². The minimum atomic E-state index is -0.430. The highest BCUT2D eigenvalue weighted by Gasteiger charge is 2.28. The van der Waals surface area contributed by atoms with Gasteiger partial charge in [0.2, 0.25) is 5.88 Å². The topological polar surface area (TPSA) is 58.8 Å². The number of anilines is 1. The molecule has 1 saturated heterocycles. The molecule has 1 fully saturated rings. The van der Waals surface area contributed by atoms with Gasteiger partial charge in [0.15, 0.2) is 0 Å². The Labute approximate surface area is 187 Å². The van der Waals surface area contributed by atoms with E-state index in [1.54, 1.807) is 24.1 Å². The maximum atomic E-state index is 13.8. The van der Waals surface area contributed by atoms with Gasteiger partial charge >= 0.3 is 0 Å². The predicted molar refractivity (Wildman–Crippen MR) is 121 cm³/mol. The van der Waals surface area contributed by atoms with E-state index in [0.29, 0.717) is 37.6 Å². The summed E-state index contributed by atoms with van der Waals surface area (Å²) in [6, 6.07) is 15.6. The Morgan fingerprint density at radius 2 is 1.94 bits per heavy atom. The smallest absolute Gasteiger partial charge is 0.254 e. The summed E-state index contributed by atoms with van der Waals surface area (Å²) >= 11 is 0. The van der Waals surface area contributed by atoms with Crippen molar-refractivity contribution < 1.29 is 18.4 Å². The van der Waals surface area contributed by atoms with Gasteiger partial charge in [-0.25, -0.2) is 4.39 Å². The third-order valence-electron chi connectivity index (χ3n) is 5.69. The zero-order valence-corrected chi connectivity index (χ0v) is 18.3. The number of aromatic nitrogens is 1. The molecule has 0 aliphatic carbocycles. The number of benzene rings is 2. The van der Waals surface area contributed by atoms with Gasteiger partial charge in [-0.1, -0.05) is 41.6 Å². The highest BCUT2D eigenvalue weighted by molar-refractivity contribution is 5.94. The van der Waals surface area contributed by atoms with E-state index in [1.165, 1.54) is 12.1 Å². The monoisotopic (exact) mass is 437 g/mol. The van der Waals surface area contributed by atoms with Crippen LogP contribution in [-0.4, -0.2) is 49.3 Å². The SMILES string of the molecule is COCCCN(Cc1c(-c2ccccc2)noc1N1CCCC1)C(=O)c1cccc(F)c1. The van der Waals surface area contributed by atoms with E-state index in [0.717, 1.165) is 42.8 Å². The lowest BCUT2D eigenvalue weighted by atomic mass is 10.1. The average Bonchev–Trinajstić information content (AvgIpc) is 3.48. The van der Waals surface area contributed by atoms with Gasteiger partial charge in [0, 0.05) is 44.5 Å². The molecule has 1 aliphatic rings. The molecular weight excluding hydrogens is 409 g/mol. The van der Waals surface area contributed by atoms with E-state index < -0.39 is 5.82 Å². The number of amides is 1. The van der Waals surface area contributed by atoms with Crippen LogP contribution in [0.1, 0.15) is 35.2 Å². The van der Waals surface area contributed by atoms with Crippen LogP contribution < -0.4 is 4.90 Å². The number of nitrogens with zero attached hydrogens (tertiary/aromatic N) is 3. The minimum absolute atomic E-state index is 0.229. The van der Waals surface area contributed by atoms with Crippen LogP contribution in [0, 0.1) is 5.82 Å². The van der Waals surface area contributed by atoms with E-state index in [1.807, 2.05) is 30.3 Å². The first-order chi connectivity index (χ1) is 15.7. The number of carbonyl (C=O) groups excluding carboxylic acids is 1. The number of ether oxygens (including phenoxy) is 1. The molecule has 0 spiro atoms. The highest BCUT2D eigenvalue weighted by Crippen LogP contribution is 2.34. The van der Waals surface area contributed by atoms with Crippen LogP contribution in [0.3, 0.4) is 0 Å². The van der Waals surface area contributed by atoms with E-state index in [9.17, 15) is 9.18 Å². The Hall–Kier alpha value is -3.19. The molecule has 1 aromatic heterocycles. The molecule has 168 valence electrons. The van der Waals surface area contributed by atoms with E-state index in [2.05, 4.69) is 10.1 Å². The van der Waals surface area contributed by atoms with E-state index in [-0.39, 0.29) is 5.91 Å². The first-order valence-electron chi connectivity index (χ1n) is 11.0. The largest absolute Gasteiger partial charge is 0.385 e. The third-order valence-corrected chi connectivity index (χ3v) is 5.69. The zero-order valence-electron chi connectivity index (χ0n) is 18.3.